The first-order valence-corrected chi connectivity index (χ1v) is 29.8. The van der Waals surface area contributed by atoms with Crippen molar-refractivity contribution in [1.82, 2.24) is 5.32 Å². The van der Waals surface area contributed by atoms with Crippen LogP contribution in [0.3, 0.4) is 0 Å². The highest BCUT2D eigenvalue weighted by molar-refractivity contribution is 7.48. The zero-order chi connectivity index (χ0) is 59.0. The molecule has 17 heteroatoms. The summed E-state index contributed by atoms with van der Waals surface area (Å²) in [4.78, 5) is 13.0. The fourth-order valence-corrected chi connectivity index (χ4v) is 10.0. The van der Waals surface area contributed by atoms with Gasteiger partial charge >= 0.3 is 7.82 Å². The normalized spacial score (nSPS) is 22.2. The van der Waals surface area contributed by atoms with Crippen LogP contribution in [0.15, 0.2) is 37.6 Å². The molecule has 4 N–H and O–H groups in total. The van der Waals surface area contributed by atoms with Crippen molar-refractivity contribution in [1.29, 1.82) is 0 Å². The first kappa shape index (κ1) is 69.6. The molecule has 2 saturated heterocycles. The molecule has 0 aromatic rings. The number of unbranched alkanes of at least 4 members (excludes halogenated alkanes) is 11. The summed E-state index contributed by atoms with van der Waals surface area (Å²) in [6.07, 6.45) is 21.3. The minimum atomic E-state index is -4.27. The van der Waals surface area contributed by atoms with Crippen molar-refractivity contribution in [3.05, 3.63) is 37.6 Å². The number of phosphoric acid groups is 1. The average Bonchev–Trinajstić information content (AvgIpc) is 3.52. The van der Waals surface area contributed by atoms with Crippen LogP contribution in [0.1, 0.15) is 149 Å². The molecule has 0 aromatic carbocycles. The molecule has 2 fully saturated rings. The zero-order valence-electron chi connectivity index (χ0n) is 49.2. The molecule has 0 aromatic heterocycles. The van der Waals surface area contributed by atoms with Gasteiger partial charge in [-0.05, 0) is 110 Å². The van der Waals surface area contributed by atoms with Gasteiger partial charge in [-0.2, -0.15) is 0 Å². The molecular weight excluding hydrogens is 1040 g/mol. The lowest BCUT2D eigenvalue weighted by Gasteiger charge is -2.45. The van der Waals surface area contributed by atoms with E-state index in [-0.39, 0.29) is 63.9 Å². The topological polar surface area (TPSA) is 194 Å². The molecule has 80 heavy (non-hydrogen) atoms. The molecule has 2 heterocycles. The number of carbonyl (C=O) groups excluding carboxylic acids is 1. The van der Waals surface area contributed by atoms with Crippen molar-refractivity contribution >= 4 is 13.6 Å². The Morgan fingerprint density at radius 2 is 1.40 bits per heavy atom. The van der Waals surface area contributed by atoms with Crippen molar-refractivity contribution in [2.24, 2.45) is 5.73 Å². The molecule has 2 aliphatic heterocycles. The first-order valence-electron chi connectivity index (χ1n) is 28.9. The Morgan fingerprint density at radius 3 is 2.00 bits per heavy atom. The van der Waals surface area contributed by atoms with E-state index in [1.807, 2.05) is 6.92 Å². The van der Waals surface area contributed by atoms with E-state index in [0.29, 0.717) is 32.3 Å². The Morgan fingerprint density at radius 1 is 0.787 bits per heavy atom. The number of nitrogens with two attached hydrogens (primary N) is 1. The van der Waals surface area contributed by atoms with E-state index in [1.54, 1.807) is 13.2 Å². The van der Waals surface area contributed by atoms with Crippen molar-refractivity contribution in [3.63, 3.8) is 0 Å². The van der Waals surface area contributed by atoms with Gasteiger partial charge in [0.1, 0.15) is 31.7 Å². The first-order chi connectivity index (χ1) is 39.6. The molecule has 2 rings (SSSR count). The predicted octanol–water partition coefficient (Wildman–Crippen LogP) is 9.00. The Balaban J connectivity index is 2.29. The number of Topliss-reactive ketones (excluding diaryl/α,β-unsaturated/α-hetero) is 1. The Bertz CT molecular complexity index is 2280. The van der Waals surface area contributed by atoms with Crippen LogP contribution in [0.4, 0.5) is 0 Å². The van der Waals surface area contributed by atoms with Gasteiger partial charge < -0.3 is 48.7 Å². The summed E-state index contributed by atoms with van der Waals surface area (Å²) in [5, 5.41) is 14.4. The quantitative estimate of drug-likeness (QED) is 0.0131. The van der Waals surface area contributed by atoms with Crippen LogP contribution >= 0.6 is 7.82 Å². The van der Waals surface area contributed by atoms with Crippen LogP contribution in [0.5, 0.6) is 0 Å². The van der Waals surface area contributed by atoms with Gasteiger partial charge in [0.15, 0.2) is 6.29 Å². The number of rotatable bonds is 44. The fraction of sp³-hybridized carbons (Fsp3) is 0.667. The third kappa shape index (κ3) is 32.1. The summed E-state index contributed by atoms with van der Waals surface area (Å²) in [5.74, 6) is 32.1. The van der Waals surface area contributed by atoms with E-state index >= 15 is 0 Å². The number of terminal acetylenes is 1. The van der Waals surface area contributed by atoms with E-state index < -0.39 is 63.1 Å². The monoisotopic (exact) mass is 1130 g/mol. The summed E-state index contributed by atoms with van der Waals surface area (Å²) in [7, 11) is -1.08. The number of hydrogen-bond acceptors (Lipinski definition) is 16. The van der Waals surface area contributed by atoms with E-state index in [2.05, 4.69) is 115 Å². The number of phosphoric ester groups is 1. The number of hydrogen-bond donors (Lipinski definition) is 3. The third-order valence-electron chi connectivity index (χ3n) is 12.7. The number of carbonyl (C=O) groups is 1. The van der Waals surface area contributed by atoms with Crippen LogP contribution in [-0.4, -0.2) is 132 Å². The highest BCUT2D eigenvalue weighted by atomic mass is 31.2. The third-order valence-corrected chi connectivity index (χ3v) is 14.1. The molecule has 0 saturated carbocycles. The van der Waals surface area contributed by atoms with Crippen molar-refractivity contribution in [2.45, 2.75) is 217 Å². The van der Waals surface area contributed by atoms with Gasteiger partial charge in [-0.15, -0.1) is 19.6 Å². The minimum Gasteiger partial charge on any atom is -0.471 e. The van der Waals surface area contributed by atoms with E-state index in [4.69, 9.17) is 59.3 Å². The van der Waals surface area contributed by atoms with Crippen LogP contribution in [0.2, 0.25) is 1.41 Å². The molecular formula is C63H91N2O14P. The molecule has 0 radical (unpaired) electrons. The molecule has 16 nitrogen and oxygen atoms in total. The predicted molar refractivity (Wildman–Crippen MR) is 311 cm³/mol. The highest BCUT2D eigenvalue weighted by Crippen LogP contribution is 2.52. The Kier molecular flexibility index (Phi) is 40.8. The van der Waals surface area contributed by atoms with Crippen molar-refractivity contribution in [2.75, 3.05) is 53.9 Å². The summed E-state index contributed by atoms with van der Waals surface area (Å²) < 4.78 is 90.2. The van der Waals surface area contributed by atoms with Crippen LogP contribution in [0.25, 0.3) is 0 Å². The van der Waals surface area contributed by atoms with Gasteiger partial charge in [0.25, 0.3) is 0 Å². The fourth-order valence-electron chi connectivity index (χ4n) is 8.68. The van der Waals surface area contributed by atoms with Crippen molar-refractivity contribution < 1.29 is 67.3 Å². The number of nitrogens with one attached hydrogen (secondary N) is 1. The minimum absolute atomic E-state index is 0.0146. The SMILES string of the molecule is [3H]N[C@H]1[C@H](OCCC[C@@H]2C[C@H](OCCCCCCCCCC)[C@@H](N[C@@H](O)CC(=O)CC#CC#CC#CC#CC#CC#CC#C)[C@@H](O/C=C\C)O2)O[C@H](COC)[C@@H](OP(=O)(OCC=C)OCC=C)[C@@H]1OCC[C@@H](CCCCCCC)OC. The number of aliphatic hydroxyl groups is 1. The van der Waals surface area contributed by atoms with Gasteiger partial charge in [-0.3, -0.25) is 23.7 Å². The summed E-state index contributed by atoms with van der Waals surface area (Å²) in [6.45, 7) is 14.2. The standard InChI is InChI=1S/C63H91N2O14P/c1-9-15-18-21-23-25-26-27-28-29-30-33-35-39-52(66)49-57(67)65-59-55(71-46-37-34-31-24-22-19-16-10-2)50-54(77-63(59)73-43-12-4)41-38-47-74-62-58(64)61(72-48-42-53(70-8)40-36-32-20-17-11-3)60(56(78-62)51-69-7)79-80(68,75-44-13-5)76-45-14-6/h1,12-14,43,53-63,65,67H,5-6,10-11,16-17,19-20,22,24,31-32,34,36-42,44-51,64H2,2-4,7-8H3/b43-12-/t53-,54-,55+,56-,57+,58-,59-,60-,61-,62-,63+/m1/s1/i/hT. The van der Waals surface area contributed by atoms with Gasteiger partial charge in [-0.25, -0.2) is 4.57 Å². The summed E-state index contributed by atoms with van der Waals surface area (Å²) in [5.41, 5.74) is 2.58. The Labute approximate surface area is 481 Å². The van der Waals surface area contributed by atoms with E-state index in [0.717, 1.165) is 44.9 Å². The number of aliphatic hydroxyl groups excluding tert-OH is 1. The van der Waals surface area contributed by atoms with Gasteiger partial charge in [0.05, 0.1) is 62.9 Å². The average molecular weight is 1130 g/mol. The van der Waals surface area contributed by atoms with Crippen molar-refractivity contribution in [3.8, 4) is 83.4 Å². The lowest BCUT2D eigenvalue weighted by Crippen LogP contribution is -2.64. The molecule has 0 bridgehead atoms. The summed E-state index contributed by atoms with van der Waals surface area (Å²) >= 11 is 0. The van der Waals surface area contributed by atoms with E-state index in [9.17, 15) is 14.5 Å². The van der Waals surface area contributed by atoms with Crippen LogP contribution in [-0.2, 0) is 60.8 Å². The maximum Gasteiger partial charge on any atom is 0.475 e. The Hall–Kier alpha value is -4.68. The molecule has 0 spiro atoms. The highest BCUT2D eigenvalue weighted by Gasteiger charge is 2.50. The van der Waals surface area contributed by atoms with Crippen LogP contribution < -0.4 is 11.0 Å². The largest absolute Gasteiger partial charge is 0.475 e. The number of methoxy groups -OCH3 is 2. The molecule has 0 unspecified atom stereocenters. The lowest BCUT2D eigenvalue weighted by atomic mass is 9.96. The second kappa shape index (κ2) is 46.9. The zero-order valence-corrected chi connectivity index (χ0v) is 49.1. The molecule has 0 amide bonds. The smallest absolute Gasteiger partial charge is 0.471 e. The maximum atomic E-state index is 14.1. The summed E-state index contributed by atoms with van der Waals surface area (Å²) in [6, 6.07) is -1.60. The lowest BCUT2D eigenvalue weighted by molar-refractivity contribution is -0.272. The second-order valence-electron chi connectivity index (χ2n) is 19.1. The maximum absolute atomic E-state index is 14.1. The molecule has 11 atom stereocenters. The van der Waals surface area contributed by atoms with Crippen LogP contribution in [0, 0.1) is 83.4 Å². The van der Waals surface area contributed by atoms with Gasteiger partial charge in [-0.1, -0.05) is 115 Å². The number of ketones is 1. The second-order valence-corrected chi connectivity index (χ2v) is 20.7. The number of allylic oxidation sites excluding steroid dienone is 1. The van der Waals surface area contributed by atoms with Gasteiger partial charge in [0, 0.05) is 46.9 Å². The van der Waals surface area contributed by atoms with Gasteiger partial charge in [0.2, 0.25) is 6.29 Å². The molecule has 2 aliphatic rings. The van der Waals surface area contributed by atoms with E-state index in [1.165, 1.54) is 70.5 Å². The molecule has 0 aliphatic carbocycles. The number of ether oxygens (including phenoxy) is 8. The molecule has 442 valence electrons.